The zero-order chi connectivity index (χ0) is 50.0. The Bertz CT molecular complexity index is 2910. The monoisotopic (exact) mass is 989 g/mol. The fourth-order valence-electron chi connectivity index (χ4n) is 8.99. The van der Waals surface area contributed by atoms with Gasteiger partial charge in [-0.2, -0.15) is 0 Å². The third-order valence-electron chi connectivity index (χ3n) is 12.6. The van der Waals surface area contributed by atoms with Crippen LogP contribution in [0.4, 0.5) is 0 Å². The highest BCUT2D eigenvalue weighted by atomic mass is 31.2. The predicted octanol–water partition coefficient (Wildman–Crippen LogP) is 14.7. The van der Waals surface area contributed by atoms with Crippen LogP contribution in [0.3, 0.4) is 0 Å². The molecule has 0 spiro atoms. The molecule has 10 aromatic rings. The lowest BCUT2D eigenvalue weighted by molar-refractivity contribution is 0.276. The minimum atomic E-state index is -2.31. The van der Waals surface area contributed by atoms with Gasteiger partial charge < -0.3 is 28.4 Å². The van der Waals surface area contributed by atoms with Crippen molar-refractivity contribution in [3.8, 4) is 34.5 Å². The minimum absolute atomic E-state index is 0.256. The van der Waals surface area contributed by atoms with E-state index < -0.39 is 7.26 Å². The van der Waals surface area contributed by atoms with Crippen LogP contribution in [0.15, 0.2) is 267 Å². The smallest absolute Gasteiger partial charge is 0.123 e. The summed E-state index contributed by atoms with van der Waals surface area (Å²) in [6, 6.07) is 91.9. The summed E-state index contributed by atoms with van der Waals surface area (Å²) in [5, 5.41) is 3.87. The van der Waals surface area contributed by atoms with Gasteiger partial charge in [-0.25, -0.2) is 0 Å². The molecule has 7 heteroatoms. The molecule has 0 aliphatic carbocycles. The van der Waals surface area contributed by atoms with E-state index in [1.165, 1.54) is 15.9 Å². The second kappa shape index (κ2) is 24.7. The van der Waals surface area contributed by atoms with Crippen LogP contribution >= 0.6 is 7.26 Å². The molecule has 0 fully saturated rings. The predicted molar refractivity (Wildman–Crippen MR) is 300 cm³/mol. The van der Waals surface area contributed by atoms with E-state index in [2.05, 4.69) is 152 Å². The van der Waals surface area contributed by atoms with Gasteiger partial charge in [-0.1, -0.05) is 176 Å². The number of hydrogen-bond donors (Lipinski definition) is 0. The Morgan fingerprint density at radius 2 is 0.405 bits per heavy atom. The van der Waals surface area contributed by atoms with Crippen molar-refractivity contribution in [1.82, 2.24) is 0 Å². The molecule has 0 amide bonds. The molecule has 0 saturated heterocycles. The molecule has 10 rings (SSSR count). The van der Waals surface area contributed by atoms with Crippen LogP contribution in [0.25, 0.3) is 0 Å². The fourth-order valence-corrected chi connectivity index (χ4v) is 13.2. The molecule has 0 saturated carbocycles. The van der Waals surface area contributed by atoms with Gasteiger partial charge in [0.1, 0.15) is 97.3 Å². The highest BCUT2D eigenvalue weighted by molar-refractivity contribution is 7.95. The van der Waals surface area contributed by atoms with Gasteiger partial charge in [0.2, 0.25) is 0 Å². The maximum atomic E-state index is 6.86. The summed E-state index contributed by atoms with van der Waals surface area (Å²) in [6.07, 6.45) is 0.721. The zero-order valence-electron chi connectivity index (χ0n) is 41.2. The van der Waals surface area contributed by atoms with E-state index in [1.807, 2.05) is 115 Å². The van der Waals surface area contributed by atoms with Crippen LogP contribution in [-0.2, 0) is 45.8 Å². The minimum Gasteiger partial charge on any atom is -0.489 e. The summed E-state index contributed by atoms with van der Waals surface area (Å²) in [7, 11) is -2.31. The van der Waals surface area contributed by atoms with Crippen LogP contribution in [0, 0.1) is 0 Å². The lowest BCUT2D eigenvalue weighted by atomic mass is 10.2. The summed E-state index contributed by atoms with van der Waals surface area (Å²) >= 11 is 0. The lowest BCUT2D eigenvalue weighted by Gasteiger charge is -2.28. The molecule has 0 aromatic heterocycles. The van der Waals surface area contributed by atoms with Gasteiger partial charge in [-0.15, -0.1) is 0 Å². The van der Waals surface area contributed by atoms with Gasteiger partial charge in [0.25, 0.3) is 0 Å². The average Bonchev–Trinajstić information content (AvgIpc) is 3.47. The lowest BCUT2D eigenvalue weighted by Crippen LogP contribution is -2.32. The Morgan fingerprint density at radius 1 is 0.203 bits per heavy atom. The standard InChI is InChI=1S/C67H58O6P/c1-8-22-52(23-9-1)45-68-59-36-56(37-60(42-59)69-46-53-24-10-2-11-25-53)49-72-63-40-58(51-74(65-30-16-5-17-31-65,66-32-18-6-19-33-66)67-34-20-7-21-35-67)41-64(44-63)73-50-57-38-61(70-47-54-26-12-3-13-27-54)43-62(39-57)71-48-55-28-14-4-15-29-55/h1-44H,45-51H2/q+1. The molecule has 0 aliphatic heterocycles. The molecule has 0 N–H and O–H groups in total. The third kappa shape index (κ3) is 13.3. The molecule has 0 bridgehead atoms. The molecular weight excluding hydrogens is 932 g/mol. The molecule has 0 unspecified atom stereocenters. The first kappa shape index (κ1) is 49.0. The second-order valence-corrected chi connectivity index (χ2v) is 21.6. The van der Waals surface area contributed by atoms with Crippen LogP contribution in [0.5, 0.6) is 34.5 Å². The largest absolute Gasteiger partial charge is 0.489 e. The second-order valence-electron chi connectivity index (χ2n) is 18.1. The van der Waals surface area contributed by atoms with E-state index in [-0.39, 0.29) is 13.2 Å². The number of benzene rings is 10. The first-order chi connectivity index (χ1) is 36.6. The zero-order valence-corrected chi connectivity index (χ0v) is 42.1. The SMILES string of the molecule is c1ccc(COc2cc(COc3cc(C[P+](c4ccccc4)(c4ccccc4)c4ccccc4)cc(OCc4cc(OCc5ccccc5)cc(OCc5ccccc5)c4)c3)cc(OCc3ccccc3)c2)cc1. The van der Waals surface area contributed by atoms with Crippen molar-refractivity contribution >= 4 is 23.2 Å². The van der Waals surface area contributed by atoms with Gasteiger partial charge in [-0.05, 0) is 112 Å². The third-order valence-corrected chi connectivity index (χ3v) is 17.0. The summed E-state index contributed by atoms with van der Waals surface area (Å²) in [6.45, 7) is 2.19. The molecule has 0 atom stereocenters. The van der Waals surface area contributed by atoms with Gasteiger partial charge in [0, 0.05) is 18.2 Å². The van der Waals surface area contributed by atoms with Crippen LogP contribution < -0.4 is 44.3 Å². The fraction of sp³-hybridized carbons (Fsp3) is 0.104. The van der Waals surface area contributed by atoms with Crippen molar-refractivity contribution in [2.45, 2.75) is 45.8 Å². The summed E-state index contributed by atoms with van der Waals surface area (Å²) in [5.74, 6) is 4.14. The molecule has 10 aromatic carbocycles. The molecule has 0 aliphatic rings. The average molecular weight is 990 g/mol. The normalized spacial score (nSPS) is 11.1. The maximum absolute atomic E-state index is 6.86. The Kier molecular flexibility index (Phi) is 16.4. The molecule has 0 heterocycles. The van der Waals surface area contributed by atoms with Crippen molar-refractivity contribution in [2.24, 2.45) is 0 Å². The van der Waals surface area contributed by atoms with Gasteiger partial charge in [-0.3, -0.25) is 0 Å². The highest BCUT2D eigenvalue weighted by Gasteiger charge is 2.45. The quantitative estimate of drug-likeness (QED) is 0.0595. The van der Waals surface area contributed by atoms with E-state index in [4.69, 9.17) is 28.4 Å². The Balaban J connectivity index is 0.992. The van der Waals surface area contributed by atoms with Gasteiger partial charge in [0.15, 0.2) is 0 Å². The Morgan fingerprint density at radius 3 is 0.649 bits per heavy atom. The Labute approximate surface area is 435 Å². The van der Waals surface area contributed by atoms with Crippen molar-refractivity contribution in [1.29, 1.82) is 0 Å². The summed E-state index contributed by atoms with van der Waals surface area (Å²) < 4.78 is 39.3. The van der Waals surface area contributed by atoms with Crippen molar-refractivity contribution in [3.63, 3.8) is 0 Å². The van der Waals surface area contributed by atoms with Crippen LogP contribution in [-0.4, -0.2) is 0 Å². The van der Waals surface area contributed by atoms with E-state index in [9.17, 15) is 0 Å². The molecule has 6 nitrogen and oxygen atoms in total. The number of hydrogen-bond acceptors (Lipinski definition) is 6. The Hall–Kier alpha value is -8.57. The van der Waals surface area contributed by atoms with Gasteiger partial charge in [0.05, 0.1) is 6.16 Å². The first-order valence-electron chi connectivity index (χ1n) is 25.0. The topological polar surface area (TPSA) is 55.4 Å². The summed E-state index contributed by atoms with van der Waals surface area (Å²) in [5.41, 5.74) is 7.20. The highest BCUT2D eigenvalue weighted by Crippen LogP contribution is 2.58. The summed E-state index contributed by atoms with van der Waals surface area (Å²) in [4.78, 5) is 0. The van der Waals surface area contributed by atoms with Crippen molar-refractivity contribution < 1.29 is 28.4 Å². The van der Waals surface area contributed by atoms with Crippen molar-refractivity contribution in [2.75, 3.05) is 0 Å². The molecular formula is C67H58O6P+. The van der Waals surface area contributed by atoms with E-state index in [0.717, 1.165) is 45.1 Å². The molecule has 0 radical (unpaired) electrons. The van der Waals surface area contributed by atoms with E-state index in [0.29, 0.717) is 60.9 Å². The first-order valence-corrected chi connectivity index (χ1v) is 27.0. The maximum Gasteiger partial charge on any atom is 0.123 e. The van der Waals surface area contributed by atoms with Crippen LogP contribution in [0.2, 0.25) is 0 Å². The molecule has 74 heavy (non-hydrogen) atoms. The van der Waals surface area contributed by atoms with Crippen molar-refractivity contribution in [3.05, 3.63) is 306 Å². The number of rotatable bonds is 23. The molecule has 366 valence electrons. The van der Waals surface area contributed by atoms with E-state index in [1.54, 1.807) is 0 Å². The van der Waals surface area contributed by atoms with E-state index >= 15 is 0 Å². The number of ether oxygens (including phenoxy) is 6. The van der Waals surface area contributed by atoms with Gasteiger partial charge >= 0.3 is 0 Å². The van der Waals surface area contributed by atoms with Crippen LogP contribution in [0.1, 0.15) is 38.9 Å².